The van der Waals surface area contributed by atoms with E-state index < -0.39 is 5.41 Å². The van der Waals surface area contributed by atoms with Gasteiger partial charge in [-0.3, -0.25) is 4.79 Å². The van der Waals surface area contributed by atoms with E-state index in [9.17, 15) is 4.79 Å². The summed E-state index contributed by atoms with van der Waals surface area (Å²) in [5.74, 6) is 1.21. The molecule has 0 radical (unpaired) electrons. The zero-order valence-corrected chi connectivity index (χ0v) is 18.7. The Morgan fingerprint density at radius 3 is 2.42 bits per heavy atom. The van der Waals surface area contributed by atoms with Crippen LogP contribution < -0.4 is 10.1 Å². The summed E-state index contributed by atoms with van der Waals surface area (Å²) in [5.41, 5.74) is 0.916. The molecule has 0 aliphatic carbocycles. The summed E-state index contributed by atoms with van der Waals surface area (Å²) in [6.07, 6.45) is 1.19. The zero-order valence-electron chi connectivity index (χ0n) is 18.0. The highest BCUT2D eigenvalue weighted by atomic mass is 35.5. The lowest BCUT2D eigenvalue weighted by molar-refractivity contribution is -0.125. The van der Waals surface area contributed by atoms with Gasteiger partial charge in [0.15, 0.2) is 0 Å². The number of carbonyl (C=O) groups is 1. The maximum atomic E-state index is 13.7. The van der Waals surface area contributed by atoms with E-state index in [1.54, 1.807) is 0 Å². The van der Waals surface area contributed by atoms with Crippen molar-refractivity contribution >= 4 is 34.0 Å². The summed E-state index contributed by atoms with van der Waals surface area (Å²) in [4.78, 5) is 13.7. The van der Waals surface area contributed by atoms with Crippen molar-refractivity contribution in [3.05, 3.63) is 71.2 Å². The molecule has 0 atom stereocenters. The van der Waals surface area contributed by atoms with Gasteiger partial charge in [-0.1, -0.05) is 67.9 Å². The van der Waals surface area contributed by atoms with E-state index in [2.05, 4.69) is 19.2 Å². The van der Waals surface area contributed by atoms with Gasteiger partial charge < -0.3 is 14.8 Å². The highest BCUT2D eigenvalue weighted by Gasteiger charge is 2.43. The number of ether oxygens (including phenoxy) is 2. The van der Waals surface area contributed by atoms with Crippen molar-refractivity contribution in [2.75, 3.05) is 25.1 Å². The lowest BCUT2D eigenvalue weighted by Gasteiger charge is -2.37. The average molecular weight is 438 g/mol. The third-order valence-corrected chi connectivity index (χ3v) is 6.20. The van der Waals surface area contributed by atoms with Crippen molar-refractivity contribution < 1.29 is 14.3 Å². The zero-order chi connectivity index (χ0) is 21.8. The van der Waals surface area contributed by atoms with Crippen molar-refractivity contribution in [2.24, 2.45) is 5.92 Å². The number of amides is 1. The first kappa shape index (κ1) is 21.7. The third-order valence-electron chi connectivity index (χ3n) is 5.87. The van der Waals surface area contributed by atoms with Crippen LogP contribution >= 0.6 is 11.6 Å². The van der Waals surface area contributed by atoms with Crippen LogP contribution in [0.15, 0.2) is 60.7 Å². The van der Waals surface area contributed by atoms with Crippen molar-refractivity contribution in [1.82, 2.24) is 0 Å². The number of rotatable bonds is 6. The molecule has 3 aromatic rings. The van der Waals surface area contributed by atoms with Crippen LogP contribution in [0.4, 0.5) is 5.69 Å². The maximum absolute atomic E-state index is 13.7. The molecule has 0 spiro atoms. The van der Waals surface area contributed by atoms with Gasteiger partial charge in [-0.15, -0.1) is 0 Å². The standard InChI is InChI=1S/C26H28ClNO3/c1-18(2)17-31-24-12-11-23(19-7-3-4-8-20(19)24)28-25(29)26(13-15-30-16-14-26)21-9-5-6-10-22(21)27/h3-12,18H,13-17H2,1-2H3,(H,28,29). The van der Waals surface area contributed by atoms with Gasteiger partial charge in [0.1, 0.15) is 5.75 Å². The van der Waals surface area contributed by atoms with Gasteiger partial charge in [-0.05, 0) is 42.5 Å². The van der Waals surface area contributed by atoms with Crippen LogP contribution in [0.3, 0.4) is 0 Å². The van der Waals surface area contributed by atoms with E-state index >= 15 is 0 Å². The molecule has 1 heterocycles. The SMILES string of the molecule is CC(C)COc1ccc(NC(=O)C2(c3ccccc3Cl)CCOCC2)c2ccccc12. The molecule has 162 valence electrons. The third kappa shape index (κ3) is 4.41. The van der Waals surface area contributed by atoms with Crippen LogP contribution in [0, 0.1) is 5.92 Å². The van der Waals surface area contributed by atoms with Gasteiger partial charge in [-0.25, -0.2) is 0 Å². The Labute approximate surface area is 188 Å². The first-order valence-corrected chi connectivity index (χ1v) is 11.2. The highest BCUT2D eigenvalue weighted by Crippen LogP contribution is 2.40. The molecule has 1 aliphatic heterocycles. The molecule has 4 rings (SSSR count). The smallest absolute Gasteiger partial charge is 0.235 e. The first-order chi connectivity index (χ1) is 15.0. The Kier molecular flexibility index (Phi) is 6.49. The Hall–Kier alpha value is -2.56. The van der Waals surface area contributed by atoms with Gasteiger partial charge in [0.25, 0.3) is 0 Å². The van der Waals surface area contributed by atoms with Gasteiger partial charge >= 0.3 is 0 Å². The second kappa shape index (κ2) is 9.29. The van der Waals surface area contributed by atoms with E-state index in [0.29, 0.717) is 43.6 Å². The van der Waals surface area contributed by atoms with Crippen LogP contribution in [0.5, 0.6) is 5.75 Å². The van der Waals surface area contributed by atoms with E-state index in [4.69, 9.17) is 21.1 Å². The first-order valence-electron chi connectivity index (χ1n) is 10.8. The summed E-state index contributed by atoms with van der Waals surface area (Å²) in [6, 6.07) is 19.5. The Morgan fingerprint density at radius 2 is 1.71 bits per heavy atom. The van der Waals surface area contributed by atoms with Gasteiger partial charge in [-0.2, -0.15) is 0 Å². The molecule has 0 unspecified atom stereocenters. The summed E-state index contributed by atoms with van der Waals surface area (Å²) in [5, 5.41) is 5.76. The number of carbonyl (C=O) groups excluding carboxylic acids is 1. The molecule has 5 heteroatoms. The monoisotopic (exact) mass is 437 g/mol. The minimum absolute atomic E-state index is 0.0510. The molecule has 31 heavy (non-hydrogen) atoms. The molecular weight excluding hydrogens is 410 g/mol. The number of hydrogen-bond acceptors (Lipinski definition) is 3. The fourth-order valence-corrected chi connectivity index (χ4v) is 4.51. The molecule has 0 aromatic heterocycles. The minimum Gasteiger partial charge on any atom is -0.493 e. The predicted molar refractivity (Wildman–Crippen MR) is 126 cm³/mol. The largest absolute Gasteiger partial charge is 0.493 e. The number of nitrogens with one attached hydrogen (secondary N) is 1. The summed E-state index contributed by atoms with van der Waals surface area (Å²) in [7, 11) is 0. The second-order valence-electron chi connectivity index (χ2n) is 8.49. The Bertz CT molecular complexity index is 1070. The maximum Gasteiger partial charge on any atom is 0.235 e. The molecule has 4 nitrogen and oxygen atoms in total. The molecule has 3 aromatic carbocycles. The average Bonchev–Trinajstić information content (AvgIpc) is 2.79. The molecule has 1 amide bonds. The van der Waals surface area contributed by atoms with Crippen LogP contribution in [0.25, 0.3) is 10.8 Å². The second-order valence-corrected chi connectivity index (χ2v) is 8.90. The van der Waals surface area contributed by atoms with Crippen molar-refractivity contribution in [3.63, 3.8) is 0 Å². The van der Waals surface area contributed by atoms with Gasteiger partial charge in [0.2, 0.25) is 5.91 Å². The lowest BCUT2D eigenvalue weighted by atomic mass is 9.73. The molecule has 0 saturated carbocycles. The molecule has 1 N–H and O–H groups in total. The van der Waals surface area contributed by atoms with Gasteiger partial charge in [0.05, 0.1) is 12.0 Å². The van der Waals surface area contributed by atoms with Crippen molar-refractivity contribution in [2.45, 2.75) is 32.1 Å². The number of halogens is 1. The van der Waals surface area contributed by atoms with Crippen LogP contribution in [-0.4, -0.2) is 25.7 Å². The molecule has 1 saturated heterocycles. The number of fused-ring (bicyclic) bond motifs is 1. The summed E-state index contributed by atoms with van der Waals surface area (Å²) < 4.78 is 11.6. The van der Waals surface area contributed by atoms with E-state index in [0.717, 1.165) is 27.8 Å². The normalized spacial score (nSPS) is 15.7. The highest BCUT2D eigenvalue weighted by molar-refractivity contribution is 6.32. The van der Waals surface area contributed by atoms with Crippen LogP contribution in [-0.2, 0) is 14.9 Å². The Balaban J connectivity index is 1.70. The van der Waals surface area contributed by atoms with E-state index in [1.165, 1.54) is 0 Å². The summed E-state index contributed by atoms with van der Waals surface area (Å²) in [6.45, 7) is 5.95. The van der Waals surface area contributed by atoms with E-state index in [1.807, 2.05) is 60.7 Å². The van der Waals surface area contributed by atoms with Crippen LogP contribution in [0.2, 0.25) is 5.02 Å². The number of benzene rings is 3. The fraction of sp³-hybridized carbons (Fsp3) is 0.346. The fourth-order valence-electron chi connectivity index (χ4n) is 4.19. The van der Waals surface area contributed by atoms with Crippen LogP contribution in [0.1, 0.15) is 32.3 Å². The topological polar surface area (TPSA) is 47.6 Å². The quantitative estimate of drug-likeness (QED) is 0.498. The predicted octanol–water partition coefficient (Wildman–Crippen LogP) is 6.21. The number of hydrogen-bond donors (Lipinski definition) is 1. The Morgan fingerprint density at radius 1 is 1.03 bits per heavy atom. The van der Waals surface area contributed by atoms with Crippen molar-refractivity contribution in [3.8, 4) is 5.75 Å². The molecular formula is C26H28ClNO3. The molecule has 1 fully saturated rings. The minimum atomic E-state index is -0.718. The van der Waals surface area contributed by atoms with Gasteiger partial charge in [0, 0.05) is 34.7 Å². The molecule has 0 bridgehead atoms. The van der Waals surface area contributed by atoms with E-state index in [-0.39, 0.29) is 5.91 Å². The van der Waals surface area contributed by atoms with Crippen molar-refractivity contribution in [1.29, 1.82) is 0 Å². The summed E-state index contributed by atoms with van der Waals surface area (Å²) >= 11 is 6.53. The number of anilines is 1. The lowest BCUT2D eigenvalue weighted by Crippen LogP contribution is -2.45. The molecule has 1 aliphatic rings.